The second kappa shape index (κ2) is 10.9. The van der Waals surface area contributed by atoms with Gasteiger partial charge in [-0.3, -0.25) is 0 Å². The van der Waals surface area contributed by atoms with Crippen LogP contribution in [0.5, 0.6) is 5.75 Å². The highest BCUT2D eigenvalue weighted by molar-refractivity contribution is 7.89. The lowest BCUT2D eigenvalue weighted by Crippen LogP contribution is -2.33. The summed E-state index contributed by atoms with van der Waals surface area (Å²) in [7, 11) is -2.04. The molecule has 1 saturated heterocycles. The van der Waals surface area contributed by atoms with Crippen molar-refractivity contribution in [1.29, 1.82) is 0 Å². The minimum absolute atomic E-state index is 0.0811. The number of rotatable bonds is 9. The van der Waals surface area contributed by atoms with Crippen molar-refractivity contribution < 1.29 is 18.0 Å². The smallest absolute Gasteiger partial charge is 0.295 e. The predicted molar refractivity (Wildman–Crippen MR) is 146 cm³/mol. The standard InChI is InChI=1S/C27H30N6O4S/c1-19-7-3-4-8-22(19)23-17-25-24(18-26(23)37-2)30-27(31-33(25)34)29-20-9-11-21(12-10-20)38(35,36)28-13-16-32-14-5-6-15-32/h3-4,7-12,17-18,28H,5-6,13-16H2,1-2H3,(H,29,30,31). The van der Waals surface area contributed by atoms with Gasteiger partial charge < -0.3 is 20.2 Å². The van der Waals surface area contributed by atoms with Crippen LogP contribution >= 0.6 is 0 Å². The molecule has 1 aliphatic heterocycles. The summed E-state index contributed by atoms with van der Waals surface area (Å²) in [5.74, 6) is 0.667. The van der Waals surface area contributed by atoms with Crippen molar-refractivity contribution in [2.24, 2.45) is 0 Å². The normalized spacial score (nSPS) is 14.2. The lowest BCUT2D eigenvalue weighted by atomic mass is 9.99. The Labute approximate surface area is 221 Å². The summed E-state index contributed by atoms with van der Waals surface area (Å²) in [5, 5.41) is 19.8. The van der Waals surface area contributed by atoms with Gasteiger partial charge in [-0.25, -0.2) is 18.1 Å². The Morgan fingerprint density at radius 1 is 1.05 bits per heavy atom. The number of hydrogen-bond acceptors (Lipinski definition) is 8. The van der Waals surface area contributed by atoms with Crippen LogP contribution in [0.3, 0.4) is 0 Å². The number of benzene rings is 3. The molecular formula is C27H30N6O4S. The third kappa shape index (κ3) is 5.54. The van der Waals surface area contributed by atoms with Gasteiger partial charge >= 0.3 is 0 Å². The molecule has 2 N–H and O–H groups in total. The summed E-state index contributed by atoms with van der Waals surface area (Å²) < 4.78 is 33.6. The molecule has 198 valence electrons. The average Bonchev–Trinajstić information content (AvgIpc) is 3.42. The first kappa shape index (κ1) is 25.8. The molecule has 0 bridgehead atoms. The van der Waals surface area contributed by atoms with Crippen molar-refractivity contribution in [2.75, 3.05) is 38.6 Å². The zero-order valence-electron chi connectivity index (χ0n) is 21.3. The minimum atomic E-state index is -3.62. The molecule has 0 atom stereocenters. The lowest BCUT2D eigenvalue weighted by Gasteiger charge is -2.15. The highest BCUT2D eigenvalue weighted by Gasteiger charge is 2.19. The van der Waals surface area contributed by atoms with Gasteiger partial charge in [0.05, 0.1) is 17.1 Å². The van der Waals surface area contributed by atoms with Gasteiger partial charge in [0.2, 0.25) is 10.0 Å². The Morgan fingerprint density at radius 2 is 1.79 bits per heavy atom. The van der Waals surface area contributed by atoms with Crippen LogP contribution in [0, 0.1) is 12.1 Å². The molecule has 4 aromatic rings. The maximum atomic E-state index is 12.8. The van der Waals surface area contributed by atoms with E-state index in [1.54, 1.807) is 31.4 Å². The zero-order valence-corrected chi connectivity index (χ0v) is 22.2. The Morgan fingerprint density at radius 3 is 2.50 bits per heavy atom. The molecule has 1 aromatic heterocycles. The van der Waals surface area contributed by atoms with Crippen LogP contribution in [0.2, 0.25) is 0 Å². The summed E-state index contributed by atoms with van der Waals surface area (Å²) in [6.07, 6.45) is 2.33. The van der Waals surface area contributed by atoms with Crippen molar-refractivity contribution in [3.8, 4) is 16.9 Å². The summed E-state index contributed by atoms with van der Waals surface area (Å²) in [6.45, 7) is 5.09. The molecule has 1 fully saturated rings. The van der Waals surface area contributed by atoms with Crippen LogP contribution in [0.4, 0.5) is 11.6 Å². The number of aryl methyl sites for hydroxylation is 1. The molecule has 5 rings (SSSR count). The summed E-state index contributed by atoms with van der Waals surface area (Å²) >= 11 is 0. The van der Waals surface area contributed by atoms with Crippen molar-refractivity contribution in [2.45, 2.75) is 24.7 Å². The predicted octanol–water partition coefficient (Wildman–Crippen LogP) is 3.36. The van der Waals surface area contributed by atoms with Crippen LogP contribution in [0.1, 0.15) is 18.4 Å². The molecule has 0 saturated carbocycles. The van der Waals surface area contributed by atoms with Crippen molar-refractivity contribution >= 4 is 32.7 Å². The number of methoxy groups -OCH3 is 1. The molecule has 0 radical (unpaired) electrons. The first-order valence-corrected chi connectivity index (χ1v) is 14.0. The fourth-order valence-electron chi connectivity index (χ4n) is 4.66. The second-order valence-electron chi connectivity index (χ2n) is 9.26. The highest BCUT2D eigenvalue weighted by atomic mass is 32.2. The maximum absolute atomic E-state index is 12.8. The van der Waals surface area contributed by atoms with Crippen LogP contribution in [-0.4, -0.2) is 56.7 Å². The SMILES string of the molecule is COc1cc2nc(Nc3ccc(S(=O)(=O)NCCN4CCCC4)cc3)n[n+]([O-])c2cc1-c1ccccc1C. The molecule has 10 nitrogen and oxygen atoms in total. The third-order valence-electron chi connectivity index (χ3n) is 6.69. The van der Waals surface area contributed by atoms with E-state index in [0.717, 1.165) is 42.6 Å². The zero-order chi connectivity index (χ0) is 26.7. The molecule has 3 aromatic carbocycles. The van der Waals surface area contributed by atoms with Crippen molar-refractivity contribution in [3.63, 3.8) is 0 Å². The Hall–Kier alpha value is -3.80. The van der Waals surface area contributed by atoms with Crippen LogP contribution in [-0.2, 0) is 10.0 Å². The van der Waals surface area contributed by atoms with E-state index in [-0.39, 0.29) is 10.8 Å². The van der Waals surface area contributed by atoms with E-state index in [2.05, 4.69) is 25.0 Å². The van der Waals surface area contributed by atoms with E-state index in [9.17, 15) is 13.6 Å². The van der Waals surface area contributed by atoms with Gasteiger partial charge in [-0.15, -0.1) is 0 Å². The van der Waals surface area contributed by atoms with Gasteiger partial charge in [0, 0.05) is 36.5 Å². The molecule has 0 spiro atoms. The molecule has 0 amide bonds. The van der Waals surface area contributed by atoms with Gasteiger partial charge in [-0.2, -0.15) is 0 Å². The minimum Gasteiger partial charge on any atom is -0.594 e. The molecule has 1 aliphatic rings. The average molecular weight is 535 g/mol. The Balaban J connectivity index is 1.34. The molecule has 2 heterocycles. The number of nitrogens with zero attached hydrogens (tertiary/aromatic N) is 4. The monoisotopic (exact) mass is 534 g/mol. The van der Waals surface area contributed by atoms with Gasteiger partial charge in [0.15, 0.2) is 0 Å². The summed E-state index contributed by atoms with van der Waals surface area (Å²) in [5.41, 5.74) is 4.04. The number of anilines is 2. The second-order valence-corrected chi connectivity index (χ2v) is 11.0. The van der Waals surface area contributed by atoms with E-state index in [1.807, 2.05) is 31.2 Å². The van der Waals surface area contributed by atoms with Gasteiger partial charge in [0.1, 0.15) is 11.3 Å². The fraction of sp³-hybridized carbons (Fsp3) is 0.296. The van der Waals surface area contributed by atoms with E-state index in [1.165, 1.54) is 12.1 Å². The topological polar surface area (TPSA) is 123 Å². The van der Waals surface area contributed by atoms with E-state index in [0.29, 0.717) is 40.4 Å². The van der Waals surface area contributed by atoms with Crippen LogP contribution in [0.25, 0.3) is 22.2 Å². The molecular weight excluding hydrogens is 504 g/mol. The summed E-state index contributed by atoms with van der Waals surface area (Å²) in [4.78, 5) is 7.42. The van der Waals surface area contributed by atoms with Gasteiger partial charge in [0.25, 0.3) is 11.5 Å². The maximum Gasteiger partial charge on any atom is 0.295 e. The number of sulfonamides is 1. The first-order valence-electron chi connectivity index (χ1n) is 12.5. The quantitative estimate of drug-likeness (QED) is 0.248. The number of fused-ring (bicyclic) bond motifs is 1. The van der Waals surface area contributed by atoms with Crippen LogP contribution < -0.4 is 19.6 Å². The summed E-state index contributed by atoms with van der Waals surface area (Å²) in [6, 6.07) is 17.5. The number of aromatic nitrogens is 3. The molecule has 0 aliphatic carbocycles. The van der Waals surface area contributed by atoms with E-state index in [4.69, 9.17) is 4.74 Å². The van der Waals surface area contributed by atoms with Gasteiger partial charge in [-0.1, -0.05) is 24.3 Å². The van der Waals surface area contributed by atoms with Crippen molar-refractivity contribution in [1.82, 2.24) is 19.7 Å². The third-order valence-corrected chi connectivity index (χ3v) is 8.17. The first-order chi connectivity index (χ1) is 18.3. The lowest BCUT2D eigenvalue weighted by molar-refractivity contribution is -0.641. The van der Waals surface area contributed by atoms with Crippen LogP contribution in [0.15, 0.2) is 65.6 Å². The number of ether oxygens (including phenoxy) is 1. The highest BCUT2D eigenvalue weighted by Crippen LogP contribution is 2.34. The Bertz CT molecular complexity index is 1550. The number of likely N-dealkylation sites (tertiary alicyclic amines) is 1. The van der Waals surface area contributed by atoms with Gasteiger partial charge in [-0.05, 0) is 73.1 Å². The number of nitrogens with one attached hydrogen (secondary N) is 2. The largest absolute Gasteiger partial charge is 0.594 e. The van der Waals surface area contributed by atoms with E-state index >= 15 is 0 Å². The molecule has 11 heteroatoms. The molecule has 38 heavy (non-hydrogen) atoms. The Kier molecular flexibility index (Phi) is 7.41. The number of hydrogen-bond donors (Lipinski definition) is 2. The molecule has 0 unspecified atom stereocenters. The van der Waals surface area contributed by atoms with Crippen molar-refractivity contribution in [3.05, 3.63) is 71.4 Å². The van der Waals surface area contributed by atoms with E-state index < -0.39 is 10.0 Å². The fourth-order valence-corrected chi connectivity index (χ4v) is 5.68.